The Balaban J connectivity index is 2.40. The SMILES string of the molecule is CC(C)C(C)OC1CC(Br)C1(C)C. The molecule has 1 saturated carbocycles. The number of halogens is 1. The molecule has 0 heterocycles. The zero-order valence-corrected chi connectivity index (χ0v) is 10.9. The van der Waals surface area contributed by atoms with Gasteiger partial charge in [0.05, 0.1) is 12.2 Å². The van der Waals surface area contributed by atoms with Crippen molar-refractivity contribution in [2.24, 2.45) is 11.3 Å². The van der Waals surface area contributed by atoms with E-state index in [2.05, 4.69) is 50.5 Å². The van der Waals surface area contributed by atoms with Crippen LogP contribution < -0.4 is 0 Å². The number of hydrogen-bond acceptors (Lipinski definition) is 1. The third-order valence-corrected chi connectivity index (χ3v) is 4.93. The van der Waals surface area contributed by atoms with E-state index in [0.29, 0.717) is 28.4 Å². The Bertz CT molecular complexity index is 177. The summed E-state index contributed by atoms with van der Waals surface area (Å²) in [6.45, 7) is 11.1. The van der Waals surface area contributed by atoms with Crippen LogP contribution in [0.3, 0.4) is 0 Å². The largest absolute Gasteiger partial charge is 0.374 e. The summed E-state index contributed by atoms with van der Waals surface area (Å²) in [7, 11) is 0. The zero-order valence-electron chi connectivity index (χ0n) is 9.30. The van der Waals surface area contributed by atoms with Crippen LogP contribution in [0.5, 0.6) is 0 Å². The van der Waals surface area contributed by atoms with Gasteiger partial charge in [-0.05, 0) is 19.3 Å². The second kappa shape index (κ2) is 3.90. The molecule has 1 fully saturated rings. The van der Waals surface area contributed by atoms with Gasteiger partial charge in [-0.3, -0.25) is 0 Å². The average molecular weight is 249 g/mol. The fourth-order valence-electron chi connectivity index (χ4n) is 1.48. The van der Waals surface area contributed by atoms with Crippen LogP contribution in [0.25, 0.3) is 0 Å². The summed E-state index contributed by atoms with van der Waals surface area (Å²) in [5, 5.41) is 0. The fraction of sp³-hybridized carbons (Fsp3) is 1.00. The molecule has 1 rings (SSSR count). The van der Waals surface area contributed by atoms with Gasteiger partial charge in [-0.2, -0.15) is 0 Å². The van der Waals surface area contributed by atoms with Gasteiger partial charge in [0.15, 0.2) is 0 Å². The highest BCUT2D eigenvalue weighted by Gasteiger charge is 2.48. The number of ether oxygens (including phenoxy) is 1. The van der Waals surface area contributed by atoms with E-state index in [1.165, 1.54) is 0 Å². The van der Waals surface area contributed by atoms with Gasteiger partial charge in [0.2, 0.25) is 0 Å². The third kappa shape index (κ3) is 2.27. The average Bonchev–Trinajstić information content (AvgIpc) is 2.03. The predicted octanol–water partition coefficient (Wildman–Crippen LogP) is 3.61. The van der Waals surface area contributed by atoms with E-state index >= 15 is 0 Å². The maximum atomic E-state index is 6.00. The lowest BCUT2D eigenvalue weighted by atomic mass is 9.69. The lowest BCUT2D eigenvalue weighted by Crippen LogP contribution is -2.52. The summed E-state index contributed by atoms with van der Waals surface area (Å²) in [6.07, 6.45) is 1.97. The van der Waals surface area contributed by atoms with E-state index in [1.54, 1.807) is 0 Å². The van der Waals surface area contributed by atoms with Crippen LogP contribution in [0.1, 0.15) is 41.0 Å². The molecule has 3 atom stereocenters. The predicted molar refractivity (Wildman–Crippen MR) is 60.3 cm³/mol. The summed E-state index contributed by atoms with van der Waals surface area (Å²) in [4.78, 5) is 0.629. The third-order valence-electron chi connectivity index (χ3n) is 3.38. The molecule has 78 valence electrons. The van der Waals surface area contributed by atoms with E-state index in [1.807, 2.05) is 0 Å². The van der Waals surface area contributed by atoms with Crippen LogP contribution in [0.15, 0.2) is 0 Å². The summed E-state index contributed by atoms with van der Waals surface area (Å²) in [5.41, 5.74) is 0.309. The topological polar surface area (TPSA) is 9.23 Å². The van der Waals surface area contributed by atoms with Gasteiger partial charge in [-0.1, -0.05) is 43.6 Å². The number of hydrogen-bond donors (Lipinski definition) is 0. The fourth-order valence-corrected chi connectivity index (χ4v) is 2.12. The van der Waals surface area contributed by atoms with Crippen molar-refractivity contribution in [3.8, 4) is 0 Å². The standard InChI is InChI=1S/C11H21BrO/c1-7(2)8(3)13-10-6-9(12)11(10,4)5/h7-10H,6H2,1-5H3. The van der Waals surface area contributed by atoms with Crippen LogP contribution in [0, 0.1) is 11.3 Å². The Morgan fingerprint density at radius 2 is 1.85 bits per heavy atom. The van der Waals surface area contributed by atoms with Crippen molar-refractivity contribution in [2.75, 3.05) is 0 Å². The molecule has 0 aliphatic heterocycles. The van der Waals surface area contributed by atoms with E-state index in [4.69, 9.17) is 4.74 Å². The van der Waals surface area contributed by atoms with Gasteiger partial charge in [-0.25, -0.2) is 0 Å². The second-order valence-electron chi connectivity index (χ2n) is 5.10. The van der Waals surface area contributed by atoms with Crippen molar-refractivity contribution in [3.63, 3.8) is 0 Å². The van der Waals surface area contributed by atoms with Crippen LogP contribution >= 0.6 is 15.9 Å². The molecular formula is C11H21BrO. The maximum absolute atomic E-state index is 6.00. The molecular weight excluding hydrogens is 228 g/mol. The first-order chi connectivity index (χ1) is 5.85. The van der Waals surface area contributed by atoms with Crippen molar-refractivity contribution in [2.45, 2.75) is 58.1 Å². The molecule has 0 bridgehead atoms. The highest BCUT2D eigenvalue weighted by atomic mass is 79.9. The molecule has 0 saturated heterocycles. The number of rotatable bonds is 3. The molecule has 0 aromatic heterocycles. The molecule has 0 radical (unpaired) electrons. The molecule has 0 spiro atoms. The molecule has 0 aromatic rings. The Morgan fingerprint density at radius 1 is 1.31 bits per heavy atom. The summed E-state index contributed by atoms with van der Waals surface area (Å²) in [5.74, 6) is 0.616. The first-order valence-corrected chi connectivity index (χ1v) is 6.06. The van der Waals surface area contributed by atoms with Crippen molar-refractivity contribution in [1.29, 1.82) is 0 Å². The Morgan fingerprint density at radius 3 is 2.15 bits per heavy atom. The molecule has 13 heavy (non-hydrogen) atoms. The summed E-state index contributed by atoms with van der Waals surface area (Å²) < 4.78 is 6.00. The minimum atomic E-state index is 0.309. The van der Waals surface area contributed by atoms with Gasteiger partial charge in [0.1, 0.15) is 0 Å². The van der Waals surface area contributed by atoms with Gasteiger partial charge in [0, 0.05) is 10.2 Å². The highest BCUT2D eigenvalue weighted by molar-refractivity contribution is 9.09. The van der Waals surface area contributed by atoms with Crippen molar-refractivity contribution in [1.82, 2.24) is 0 Å². The molecule has 2 heteroatoms. The Kier molecular flexibility index (Phi) is 3.45. The minimum Gasteiger partial charge on any atom is -0.374 e. The van der Waals surface area contributed by atoms with Crippen LogP contribution in [0.4, 0.5) is 0 Å². The lowest BCUT2D eigenvalue weighted by molar-refractivity contribution is -0.127. The van der Waals surface area contributed by atoms with Gasteiger partial charge in [-0.15, -0.1) is 0 Å². The first kappa shape index (κ1) is 11.5. The zero-order chi connectivity index (χ0) is 10.2. The van der Waals surface area contributed by atoms with Gasteiger partial charge < -0.3 is 4.74 Å². The smallest absolute Gasteiger partial charge is 0.0651 e. The van der Waals surface area contributed by atoms with E-state index in [-0.39, 0.29) is 0 Å². The normalized spacial score (nSPS) is 34.4. The van der Waals surface area contributed by atoms with Gasteiger partial charge >= 0.3 is 0 Å². The van der Waals surface area contributed by atoms with Crippen LogP contribution in [-0.4, -0.2) is 17.0 Å². The second-order valence-corrected chi connectivity index (χ2v) is 6.20. The highest BCUT2D eigenvalue weighted by Crippen LogP contribution is 2.47. The first-order valence-electron chi connectivity index (χ1n) is 5.15. The molecule has 1 aliphatic rings. The minimum absolute atomic E-state index is 0.309. The Labute approximate surface area is 90.4 Å². The quantitative estimate of drug-likeness (QED) is 0.694. The monoisotopic (exact) mass is 248 g/mol. The summed E-state index contributed by atoms with van der Waals surface area (Å²) in [6, 6.07) is 0. The van der Waals surface area contributed by atoms with Crippen molar-refractivity contribution < 1.29 is 4.74 Å². The van der Waals surface area contributed by atoms with Crippen LogP contribution in [0.2, 0.25) is 0 Å². The number of alkyl halides is 1. The Hall–Kier alpha value is 0.440. The maximum Gasteiger partial charge on any atom is 0.0651 e. The van der Waals surface area contributed by atoms with E-state index in [9.17, 15) is 0 Å². The molecule has 0 N–H and O–H groups in total. The molecule has 0 amide bonds. The van der Waals surface area contributed by atoms with Crippen molar-refractivity contribution >= 4 is 15.9 Å². The van der Waals surface area contributed by atoms with E-state index < -0.39 is 0 Å². The molecule has 1 nitrogen and oxygen atoms in total. The molecule has 3 unspecified atom stereocenters. The van der Waals surface area contributed by atoms with Crippen LogP contribution in [-0.2, 0) is 4.74 Å². The molecule has 0 aromatic carbocycles. The summed E-state index contributed by atoms with van der Waals surface area (Å²) >= 11 is 3.67. The van der Waals surface area contributed by atoms with Crippen molar-refractivity contribution in [3.05, 3.63) is 0 Å². The van der Waals surface area contributed by atoms with E-state index in [0.717, 1.165) is 6.42 Å². The van der Waals surface area contributed by atoms with Gasteiger partial charge in [0.25, 0.3) is 0 Å². The lowest BCUT2D eigenvalue weighted by Gasteiger charge is -2.50. The molecule has 1 aliphatic carbocycles.